The van der Waals surface area contributed by atoms with Gasteiger partial charge >= 0.3 is 0 Å². The number of hydrogen-bond donors (Lipinski definition) is 0. The molecule has 0 amide bonds. The van der Waals surface area contributed by atoms with Crippen LogP contribution in [0.4, 0.5) is 34.3 Å². The van der Waals surface area contributed by atoms with Crippen LogP contribution in [0.25, 0.3) is 66.1 Å². The van der Waals surface area contributed by atoms with Crippen molar-refractivity contribution in [3.8, 4) is 34.0 Å². The van der Waals surface area contributed by atoms with Crippen molar-refractivity contribution in [2.75, 3.05) is 28.4 Å². The van der Waals surface area contributed by atoms with Gasteiger partial charge in [-0.25, -0.2) is 4.98 Å². The minimum Gasteiger partial charge on any atom is -0.457 e. The summed E-state index contributed by atoms with van der Waals surface area (Å²) in [5.41, 5.74) is 12.0. The van der Waals surface area contributed by atoms with Crippen LogP contribution >= 0.6 is 0 Å². The van der Waals surface area contributed by atoms with Crippen molar-refractivity contribution in [2.24, 2.45) is 0 Å². The van der Waals surface area contributed by atoms with Gasteiger partial charge in [-0.15, -0.1) is 0 Å². The summed E-state index contributed by atoms with van der Waals surface area (Å²) in [5.74, 6) is 1.75. The molecule has 12 aromatic rings. The lowest BCUT2D eigenvalue weighted by molar-refractivity contribution is 0.483. The van der Waals surface area contributed by atoms with E-state index in [4.69, 9.17) is 9.72 Å². The Hall–Kier alpha value is -9.07. The van der Waals surface area contributed by atoms with Gasteiger partial charge < -0.3 is 23.7 Å². The first-order valence-corrected chi connectivity index (χ1v) is 23.2. The van der Waals surface area contributed by atoms with Gasteiger partial charge in [0.2, 0.25) is 0 Å². The lowest BCUT2D eigenvalue weighted by Gasteiger charge is -2.26. The summed E-state index contributed by atoms with van der Waals surface area (Å²) in [6.07, 6.45) is 1.76. The maximum absolute atomic E-state index is 9.36. The molecule has 0 unspecified atom stereocenters. The number of rotatable bonds is 9. The molecule has 0 radical (unpaired) electrons. The quantitative estimate of drug-likeness (QED) is 0.144. The van der Waals surface area contributed by atoms with Gasteiger partial charge in [0.15, 0.2) is 0 Å². The Labute approximate surface area is 404 Å². The molecule has 0 atom stereocenters. The molecular formula is C62H46N6O. The number of benzene rings is 9. The van der Waals surface area contributed by atoms with Crippen LogP contribution in [-0.4, -0.2) is 27.8 Å². The smallest absolute Gasteiger partial charge is 0.137 e. The highest BCUT2D eigenvalue weighted by atomic mass is 16.5. The number of fused-ring (bicyclic) bond motifs is 7. The minimum atomic E-state index is -2.57. The Morgan fingerprint density at radius 3 is 1.58 bits per heavy atom. The predicted molar refractivity (Wildman–Crippen MR) is 286 cm³/mol. The highest BCUT2D eigenvalue weighted by Crippen LogP contribution is 2.45. The fraction of sp³-hybridized carbons (Fsp3) is 0.0484. The Bertz CT molecular complexity index is 3810. The number of hydrogen-bond acceptors (Lipinski definition) is 5. The zero-order chi connectivity index (χ0) is 48.5. The minimum absolute atomic E-state index is 0.169. The Kier molecular flexibility index (Phi) is 8.79. The number of nitrogens with zero attached hydrogens (tertiary/aromatic N) is 6. The van der Waals surface area contributed by atoms with E-state index in [-0.39, 0.29) is 5.56 Å². The van der Waals surface area contributed by atoms with E-state index in [2.05, 4.69) is 178 Å². The summed E-state index contributed by atoms with van der Waals surface area (Å²) in [6.45, 7) is -1.84. The van der Waals surface area contributed by atoms with Crippen LogP contribution in [0.3, 0.4) is 0 Å². The van der Waals surface area contributed by atoms with Crippen molar-refractivity contribution < 1.29 is 8.85 Å². The maximum atomic E-state index is 9.36. The van der Waals surface area contributed by atoms with Crippen LogP contribution in [0.2, 0.25) is 0 Å². The second-order valence-corrected chi connectivity index (χ2v) is 17.5. The molecule has 1 aliphatic heterocycles. The Balaban J connectivity index is 0.991. The van der Waals surface area contributed by atoms with Crippen molar-refractivity contribution >= 4 is 77.9 Å². The molecule has 0 fully saturated rings. The van der Waals surface area contributed by atoms with Crippen molar-refractivity contribution in [1.29, 1.82) is 0 Å². The number of anilines is 6. The summed E-state index contributed by atoms with van der Waals surface area (Å²) < 4.78 is 39.3. The number of para-hydroxylation sites is 7. The molecule has 0 aliphatic carbocycles. The third-order valence-electron chi connectivity index (χ3n) is 13.4. The van der Waals surface area contributed by atoms with Gasteiger partial charge in [-0.3, -0.25) is 4.90 Å². The molecule has 0 saturated heterocycles. The number of aryl methyl sites for hydroxylation is 1. The second-order valence-electron chi connectivity index (χ2n) is 17.5. The van der Waals surface area contributed by atoms with E-state index in [1.165, 1.54) is 5.69 Å². The average Bonchev–Trinajstić information content (AvgIpc) is 4.06. The molecule has 9 aromatic carbocycles. The second kappa shape index (κ2) is 16.4. The van der Waals surface area contributed by atoms with Crippen molar-refractivity contribution in [3.05, 3.63) is 236 Å². The molecule has 13 rings (SSSR count). The predicted octanol–water partition coefficient (Wildman–Crippen LogP) is 16.1. The van der Waals surface area contributed by atoms with Gasteiger partial charge in [0, 0.05) is 73.5 Å². The topological polar surface area (TPSA) is 41.7 Å². The van der Waals surface area contributed by atoms with Gasteiger partial charge in [-0.05, 0) is 103 Å². The van der Waals surface area contributed by atoms with E-state index in [0.717, 1.165) is 90.0 Å². The van der Waals surface area contributed by atoms with Crippen LogP contribution in [0.15, 0.2) is 231 Å². The fourth-order valence-electron chi connectivity index (χ4n) is 10.4. The zero-order valence-electron chi connectivity index (χ0n) is 40.7. The van der Waals surface area contributed by atoms with E-state index < -0.39 is 6.85 Å². The lowest BCUT2D eigenvalue weighted by atomic mass is 9.97. The largest absolute Gasteiger partial charge is 0.457 e. The number of ether oxygens (including phenoxy) is 1. The van der Waals surface area contributed by atoms with Gasteiger partial charge in [-0.1, -0.05) is 121 Å². The molecule has 7 heteroatoms. The molecule has 3 aromatic heterocycles. The van der Waals surface area contributed by atoms with Crippen LogP contribution < -0.4 is 19.4 Å². The first-order chi connectivity index (χ1) is 35.3. The molecular weight excluding hydrogens is 845 g/mol. The van der Waals surface area contributed by atoms with Crippen LogP contribution in [0, 0.1) is 6.85 Å². The molecule has 330 valence electrons. The first-order valence-electron chi connectivity index (χ1n) is 24.7. The molecule has 0 N–H and O–H groups in total. The van der Waals surface area contributed by atoms with Crippen LogP contribution in [0.5, 0.6) is 11.5 Å². The maximum Gasteiger partial charge on any atom is 0.137 e. The van der Waals surface area contributed by atoms with E-state index in [1.807, 2.05) is 71.6 Å². The zero-order valence-corrected chi connectivity index (χ0v) is 37.7. The summed E-state index contributed by atoms with van der Waals surface area (Å²) in [5, 5.41) is 4.42. The van der Waals surface area contributed by atoms with Gasteiger partial charge in [0.1, 0.15) is 17.3 Å². The third kappa shape index (κ3) is 6.69. The molecule has 69 heavy (non-hydrogen) atoms. The molecule has 7 nitrogen and oxygen atoms in total. The van der Waals surface area contributed by atoms with E-state index in [9.17, 15) is 4.11 Å². The number of pyridine rings is 1. The highest BCUT2D eigenvalue weighted by molar-refractivity contribution is 6.12. The summed E-state index contributed by atoms with van der Waals surface area (Å²) in [7, 11) is 2.10. The highest BCUT2D eigenvalue weighted by Gasteiger charge is 2.26. The van der Waals surface area contributed by atoms with E-state index in [0.29, 0.717) is 22.9 Å². The first kappa shape index (κ1) is 37.1. The number of aromatic nitrogens is 3. The molecule has 1 aliphatic rings. The Morgan fingerprint density at radius 1 is 0.478 bits per heavy atom. The van der Waals surface area contributed by atoms with Crippen LogP contribution in [0.1, 0.15) is 9.68 Å². The van der Waals surface area contributed by atoms with E-state index >= 15 is 0 Å². The average molecular weight is 894 g/mol. The van der Waals surface area contributed by atoms with Gasteiger partial charge in [0.25, 0.3) is 0 Å². The van der Waals surface area contributed by atoms with Crippen molar-refractivity contribution in [3.63, 3.8) is 0 Å². The SMILES string of the molecule is [2H]C([2H])([2H])c1cc(N(c2ccccc2)c2cccc(Oc3cccc(N4CN(C)c5ccccc54)c3)c2)ncc1-c1c(-n2c3ccccc3c3ccccc32)cccc1-n1c2ccccc2c2ccccc21. The van der Waals surface area contributed by atoms with Crippen molar-refractivity contribution in [1.82, 2.24) is 14.1 Å². The Morgan fingerprint density at radius 2 is 0.971 bits per heavy atom. The van der Waals surface area contributed by atoms with Crippen LogP contribution in [-0.2, 0) is 0 Å². The van der Waals surface area contributed by atoms with Gasteiger partial charge in [-0.2, -0.15) is 0 Å². The molecule has 0 saturated carbocycles. The monoisotopic (exact) mass is 893 g/mol. The molecule has 0 bridgehead atoms. The fourth-order valence-corrected chi connectivity index (χ4v) is 10.4. The third-order valence-corrected chi connectivity index (χ3v) is 13.4. The van der Waals surface area contributed by atoms with Gasteiger partial charge in [0.05, 0.1) is 57.2 Å². The van der Waals surface area contributed by atoms with E-state index in [1.54, 1.807) is 12.3 Å². The summed E-state index contributed by atoms with van der Waals surface area (Å²) in [6, 6.07) is 76.0. The summed E-state index contributed by atoms with van der Waals surface area (Å²) in [4.78, 5) is 11.8. The normalized spacial score (nSPS) is 13.2. The molecule has 0 spiro atoms. The lowest BCUT2D eigenvalue weighted by Crippen LogP contribution is -2.23. The molecule has 4 heterocycles. The standard InChI is InChI=1S/C62H46N6O/c1-42-37-61(66(43-19-4-3-5-20-43)45-22-17-24-47(39-45)69-46-23-16-21-44(38-46)65-41-64(2)57-33-14-15-34-58(57)65)63-40-52(42)62-59(67-53-29-10-6-25-48(53)49-26-7-11-30-54(49)67)35-18-36-60(62)68-55-31-12-8-27-50(55)51-28-9-13-32-56(51)68/h3-40H,41H2,1-2H3/i1D3. The van der Waals surface area contributed by atoms with Crippen molar-refractivity contribution in [2.45, 2.75) is 6.85 Å². The summed E-state index contributed by atoms with van der Waals surface area (Å²) >= 11 is 0.